The number of hydrogen-bond donors (Lipinski definition) is 4. The molecule has 2 unspecified atom stereocenters. The van der Waals surface area contributed by atoms with Gasteiger partial charge in [-0.15, -0.1) is 5.92 Å². The predicted molar refractivity (Wildman–Crippen MR) is 68.3 cm³/mol. The van der Waals surface area contributed by atoms with Crippen LogP contribution in [0.1, 0.15) is 13.2 Å². The summed E-state index contributed by atoms with van der Waals surface area (Å²) < 4.78 is 6.41. The average Bonchev–Trinajstić information content (AvgIpc) is 2.65. The Bertz CT molecular complexity index is 619. The fourth-order valence-corrected chi connectivity index (χ4v) is 2.11. The minimum Gasteiger partial charge on any atom is -0.392 e. The number of nitrogen functional groups attached to an aromatic ring is 1. The molecule has 0 radical (unpaired) electrons. The first-order valence-electron chi connectivity index (χ1n) is 5.88. The second-order valence-corrected chi connectivity index (χ2v) is 4.41. The Morgan fingerprint density at radius 1 is 1.60 bits per heavy atom. The fourth-order valence-electron chi connectivity index (χ4n) is 2.11. The minimum absolute atomic E-state index is 0.0288. The van der Waals surface area contributed by atoms with Gasteiger partial charge in [0.15, 0.2) is 11.8 Å². The van der Waals surface area contributed by atoms with Gasteiger partial charge >= 0.3 is 5.69 Å². The molecule has 4 atom stereocenters. The summed E-state index contributed by atoms with van der Waals surface area (Å²) in [6.07, 6.45) is -2.82. The van der Waals surface area contributed by atoms with Crippen LogP contribution in [0.3, 0.4) is 0 Å². The third-order valence-electron chi connectivity index (χ3n) is 3.12. The normalized spacial score (nSPS) is 32.7. The summed E-state index contributed by atoms with van der Waals surface area (Å²) in [5.74, 6) is 5.07. The zero-order valence-corrected chi connectivity index (χ0v) is 10.7. The first-order valence-corrected chi connectivity index (χ1v) is 5.88. The lowest BCUT2D eigenvalue weighted by atomic mass is 9.97. The van der Waals surface area contributed by atoms with Gasteiger partial charge < -0.3 is 25.8 Å². The molecular formula is C12H15N3O5. The van der Waals surface area contributed by atoms with Crippen LogP contribution in [-0.2, 0) is 4.74 Å². The zero-order valence-electron chi connectivity index (χ0n) is 10.7. The number of aromatic nitrogens is 2. The molecule has 2 rings (SSSR count). The van der Waals surface area contributed by atoms with Crippen LogP contribution in [0, 0.1) is 11.8 Å². The number of hydrogen-bond acceptors (Lipinski definition) is 7. The number of ether oxygens (including phenoxy) is 1. The average molecular weight is 281 g/mol. The molecule has 1 aromatic heterocycles. The van der Waals surface area contributed by atoms with Crippen molar-refractivity contribution >= 4 is 5.82 Å². The van der Waals surface area contributed by atoms with E-state index >= 15 is 0 Å². The van der Waals surface area contributed by atoms with Crippen molar-refractivity contribution in [1.29, 1.82) is 0 Å². The molecule has 0 bridgehead atoms. The summed E-state index contributed by atoms with van der Waals surface area (Å²) in [4.78, 5) is 15.2. The molecule has 0 aromatic carbocycles. The number of nitrogens with two attached hydrogens (primary N) is 1. The van der Waals surface area contributed by atoms with Gasteiger partial charge in [-0.3, -0.25) is 4.57 Å². The van der Waals surface area contributed by atoms with Gasteiger partial charge in [-0.05, 0) is 13.0 Å². The number of nitrogens with zero attached hydrogens (tertiary/aromatic N) is 2. The van der Waals surface area contributed by atoms with Crippen molar-refractivity contribution < 1.29 is 20.1 Å². The standard InChI is InChI=1S/C12H15N3O5/c1-2-4-12(6-16)9(18)8(17)10(20-12)15-5-3-7(13)14-11(15)19/h3,5,8-10,16-18H,6H2,1H3,(H2,13,14,19)/t8?,9?,10-,12-/m1/s1. The first kappa shape index (κ1) is 14.5. The molecule has 1 aliphatic heterocycles. The van der Waals surface area contributed by atoms with E-state index in [-0.39, 0.29) is 5.82 Å². The van der Waals surface area contributed by atoms with Crippen molar-refractivity contribution in [2.75, 3.05) is 12.3 Å². The van der Waals surface area contributed by atoms with E-state index in [1.165, 1.54) is 19.2 Å². The van der Waals surface area contributed by atoms with Crippen molar-refractivity contribution in [3.8, 4) is 11.8 Å². The molecule has 0 amide bonds. The maximum absolute atomic E-state index is 11.7. The van der Waals surface area contributed by atoms with E-state index in [1.54, 1.807) is 0 Å². The molecule has 0 spiro atoms. The Kier molecular flexibility index (Phi) is 3.78. The molecule has 8 nitrogen and oxygen atoms in total. The third kappa shape index (κ3) is 2.17. The molecule has 8 heteroatoms. The number of aliphatic hydroxyl groups is 3. The van der Waals surface area contributed by atoms with Gasteiger partial charge in [0.1, 0.15) is 18.0 Å². The van der Waals surface area contributed by atoms with Crippen molar-refractivity contribution in [1.82, 2.24) is 9.55 Å². The lowest BCUT2D eigenvalue weighted by Gasteiger charge is -2.23. The maximum atomic E-state index is 11.7. The summed E-state index contributed by atoms with van der Waals surface area (Å²) in [7, 11) is 0. The number of anilines is 1. The topological polar surface area (TPSA) is 131 Å². The lowest BCUT2D eigenvalue weighted by molar-refractivity contribution is -0.0937. The highest BCUT2D eigenvalue weighted by Gasteiger charge is 2.54. The Morgan fingerprint density at radius 2 is 2.30 bits per heavy atom. The molecule has 1 aliphatic rings. The van der Waals surface area contributed by atoms with E-state index < -0.39 is 36.3 Å². The zero-order chi connectivity index (χ0) is 14.9. The van der Waals surface area contributed by atoms with Gasteiger partial charge in [0, 0.05) is 6.20 Å². The molecule has 5 N–H and O–H groups in total. The van der Waals surface area contributed by atoms with Gasteiger partial charge in [-0.2, -0.15) is 4.98 Å². The molecule has 0 aliphatic carbocycles. The van der Waals surface area contributed by atoms with E-state index in [2.05, 4.69) is 16.8 Å². The summed E-state index contributed by atoms with van der Waals surface area (Å²) in [6.45, 7) is 0.879. The molecule has 2 heterocycles. The summed E-state index contributed by atoms with van der Waals surface area (Å²) in [5.41, 5.74) is 3.00. The van der Waals surface area contributed by atoms with E-state index in [1.807, 2.05) is 0 Å². The van der Waals surface area contributed by atoms with Crippen LogP contribution in [0.15, 0.2) is 17.1 Å². The molecule has 20 heavy (non-hydrogen) atoms. The second kappa shape index (κ2) is 5.22. The van der Waals surface area contributed by atoms with Crippen LogP contribution in [0.5, 0.6) is 0 Å². The largest absolute Gasteiger partial charge is 0.392 e. The van der Waals surface area contributed by atoms with Crippen LogP contribution in [0.4, 0.5) is 5.82 Å². The number of rotatable bonds is 2. The van der Waals surface area contributed by atoms with E-state index in [9.17, 15) is 20.1 Å². The SMILES string of the molecule is CC#C[C@]1(CO)O[C@@H](n2ccc(N)nc2=O)C(O)C1O. The van der Waals surface area contributed by atoms with Crippen molar-refractivity contribution in [3.63, 3.8) is 0 Å². The Labute approximate surface area is 114 Å². The van der Waals surface area contributed by atoms with Gasteiger partial charge in [0.25, 0.3) is 0 Å². The highest BCUT2D eigenvalue weighted by atomic mass is 16.6. The fraction of sp³-hybridized carbons (Fsp3) is 0.500. The molecule has 1 aromatic rings. The molecule has 1 saturated heterocycles. The maximum Gasteiger partial charge on any atom is 0.351 e. The Morgan fingerprint density at radius 3 is 2.85 bits per heavy atom. The molecule has 108 valence electrons. The van der Waals surface area contributed by atoms with E-state index in [0.29, 0.717) is 0 Å². The van der Waals surface area contributed by atoms with Gasteiger partial charge in [-0.1, -0.05) is 5.92 Å². The number of aliphatic hydroxyl groups excluding tert-OH is 3. The van der Waals surface area contributed by atoms with Gasteiger partial charge in [0.2, 0.25) is 0 Å². The van der Waals surface area contributed by atoms with Gasteiger partial charge in [-0.25, -0.2) is 4.79 Å². The van der Waals surface area contributed by atoms with Crippen LogP contribution >= 0.6 is 0 Å². The predicted octanol–water partition coefficient (Wildman–Crippen LogP) is -2.17. The van der Waals surface area contributed by atoms with Crippen LogP contribution in [0.2, 0.25) is 0 Å². The highest BCUT2D eigenvalue weighted by molar-refractivity contribution is 5.25. The quantitative estimate of drug-likeness (QED) is 0.454. The van der Waals surface area contributed by atoms with Gasteiger partial charge in [0.05, 0.1) is 6.61 Å². The van der Waals surface area contributed by atoms with Crippen LogP contribution < -0.4 is 11.4 Å². The summed E-state index contributed by atoms with van der Waals surface area (Å²) in [5, 5.41) is 29.4. The van der Waals surface area contributed by atoms with E-state index in [4.69, 9.17) is 10.5 Å². The van der Waals surface area contributed by atoms with Crippen molar-refractivity contribution in [3.05, 3.63) is 22.7 Å². The first-order chi connectivity index (χ1) is 9.45. The highest BCUT2D eigenvalue weighted by Crippen LogP contribution is 2.36. The molecule has 0 saturated carbocycles. The van der Waals surface area contributed by atoms with E-state index in [0.717, 1.165) is 4.57 Å². The third-order valence-corrected chi connectivity index (χ3v) is 3.12. The van der Waals surface area contributed by atoms with Crippen molar-refractivity contribution in [2.24, 2.45) is 0 Å². The summed E-state index contributed by atoms with van der Waals surface area (Å²) >= 11 is 0. The van der Waals surface area contributed by atoms with Crippen LogP contribution in [-0.4, -0.2) is 49.3 Å². The van der Waals surface area contributed by atoms with Crippen LogP contribution in [0.25, 0.3) is 0 Å². The monoisotopic (exact) mass is 281 g/mol. The Hall–Kier alpha value is -1.92. The minimum atomic E-state index is -1.64. The second-order valence-electron chi connectivity index (χ2n) is 4.41. The molecular weight excluding hydrogens is 266 g/mol. The molecule has 1 fully saturated rings. The smallest absolute Gasteiger partial charge is 0.351 e. The van der Waals surface area contributed by atoms with Crippen molar-refractivity contribution in [2.45, 2.75) is 31.0 Å². The Balaban J connectivity index is 2.44. The lowest BCUT2D eigenvalue weighted by Crippen LogP contribution is -2.45. The summed E-state index contributed by atoms with van der Waals surface area (Å²) in [6, 6.07) is 1.36.